The molecule has 2 rings (SSSR count). The Morgan fingerprint density at radius 1 is 1.18 bits per heavy atom. The first-order chi connectivity index (χ1) is 15.3. The van der Waals surface area contributed by atoms with Crippen LogP contribution in [0.3, 0.4) is 0 Å². The summed E-state index contributed by atoms with van der Waals surface area (Å²) < 4.78 is 61.6. The minimum atomic E-state index is -4.40. The van der Waals surface area contributed by atoms with Gasteiger partial charge in [-0.25, -0.2) is 9.19 Å². The molecule has 194 valence electrons. The average Bonchev–Trinajstić information content (AvgIpc) is 3.00. The van der Waals surface area contributed by atoms with Crippen LogP contribution in [0.1, 0.15) is 52.3 Å². The second-order valence-electron chi connectivity index (χ2n) is 11.4. The SMILES string of the molecule is CC(C)(C[C@H](CC(C)(C)C(F)(F)F)c1nc2cc(Br)ccc2n1COCC[Si](C)(C)C)S(N)=O. The Hall–Kier alpha value is -0.753. The highest BCUT2D eigenvalue weighted by Crippen LogP contribution is 2.47. The van der Waals surface area contributed by atoms with Crippen molar-refractivity contribution in [3.8, 4) is 0 Å². The summed E-state index contributed by atoms with van der Waals surface area (Å²) in [5.74, 6) is -0.136. The number of ether oxygens (including phenoxy) is 1. The molecule has 0 radical (unpaired) electrons. The molecule has 2 N–H and O–H groups in total. The zero-order chi connectivity index (χ0) is 26.1. The number of nitrogens with two attached hydrogens (primary N) is 1. The summed E-state index contributed by atoms with van der Waals surface area (Å²) in [7, 11) is -3.02. The van der Waals surface area contributed by atoms with Gasteiger partial charge in [0, 0.05) is 25.1 Å². The number of alkyl halides is 3. The van der Waals surface area contributed by atoms with E-state index in [0.29, 0.717) is 17.9 Å². The first-order valence-electron chi connectivity index (χ1n) is 11.3. The molecule has 34 heavy (non-hydrogen) atoms. The maximum atomic E-state index is 13.9. The Morgan fingerprint density at radius 2 is 1.79 bits per heavy atom. The molecule has 1 aromatic carbocycles. The van der Waals surface area contributed by atoms with E-state index in [0.717, 1.165) is 16.0 Å². The van der Waals surface area contributed by atoms with Gasteiger partial charge in [-0.05, 0) is 50.9 Å². The van der Waals surface area contributed by atoms with Crippen LogP contribution < -0.4 is 5.14 Å². The topological polar surface area (TPSA) is 70.1 Å². The lowest BCUT2D eigenvalue weighted by atomic mass is 9.78. The number of imidazole rings is 1. The Morgan fingerprint density at radius 3 is 2.32 bits per heavy atom. The number of hydrogen-bond donors (Lipinski definition) is 1. The van der Waals surface area contributed by atoms with Crippen molar-refractivity contribution in [3.63, 3.8) is 0 Å². The van der Waals surface area contributed by atoms with E-state index < -0.39 is 41.3 Å². The van der Waals surface area contributed by atoms with E-state index in [9.17, 15) is 17.4 Å². The fourth-order valence-corrected chi connectivity index (χ4v) is 5.24. The van der Waals surface area contributed by atoms with Crippen molar-refractivity contribution in [2.24, 2.45) is 10.6 Å². The monoisotopic (exact) mass is 583 g/mol. The van der Waals surface area contributed by atoms with Crippen molar-refractivity contribution < 1.29 is 22.1 Å². The van der Waals surface area contributed by atoms with Gasteiger partial charge in [-0.3, -0.25) is 5.14 Å². The molecule has 0 fully saturated rings. The fourth-order valence-electron chi connectivity index (χ4n) is 3.77. The zero-order valence-corrected chi connectivity index (χ0v) is 24.5. The second kappa shape index (κ2) is 10.7. The summed E-state index contributed by atoms with van der Waals surface area (Å²) in [4.78, 5) is 4.77. The van der Waals surface area contributed by atoms with E-state index in [1.807, 2.05) is 22.8 Å². The second-order valence-corrected chi connectivity index (χ2v) is 19.7. The molecule has 0 aliphatic heterocycles. The maximum Gasteiger partial charge on any atom is 0.393 e. The quantitative estimate of drug-likeness (QED) is 0.229. The molecule has 0 saturated carbocycles. The van der Waals surface area contributed by atoms with Gasteiger partial charge in [-0.2, -0.15) is 13.2 Å². The van der Waals surface area contributed by atoms with Gasteiger partial charge in [0.1, 0.15) is 12.6 Å². The van der Waals surface area contributed by atoms with Gasteiger partial charge in [0.2, 0.25) is 0 Å². The van der Waals surface area contributed by atoms with Gasteiger partial charge in [0.25, 0.3) is 0 Å². The van der Waals surface area contributed by atoms with Crippen molar-refractivity contribution in [2.75, 3.05) is 6.61 Å². The summed E-state index contributed by atoms with van der Waals surface area (Å²) in [6.07, 6.45) is -4.42. The molecule has 2 aromatic rings. The van der Waals surface area contributed by atoms with Crippen molar-refractivity contribution in [3.05, 3.63) is 28.5 Å². The Bertz CT molecular complexity index is 1020. The molecule has 1 heterocycles. The molecule has 2 atom stereocenters. The summed E-state index contributed by atoms with van der Waals surface area (Å²) >= 11 is 3.45. The third-order valence-electron chi connectivity index (χ3n) is 6.13. The highest BCUT2D eigenvalue weighted by molar-refractivity contribution is 9.10. The Balaban J connectivity index is 2.56. The van der Waals surface area contributed by atoms with Crippen molar-refractivity contribution in [2.45, 2.75) is 89.8 Å². The molecule has 0 spiro atoms. The van der Waals surface area contributed by atoms with E-state index in [2.05, 4.69) is 35.6 Å². The highest BCUT2D eigenvalue weighted by atomic mass is 79.9. The number of benzene rings is 1. The Labute approximate surface area is 212 Å². The maximum absolute atomic E-state index is 13.9. The van der Waals surface area contributed by atoms with E-state index in [1.165, 1.54) is 13.8 Å². The average molecular weight is 585 g/mol. The minimum Gasteiger partial charge on any atom is -0.361 e. The fraction of sp³-hybridized carbons (Fsp3) is 0.696. The van der Waals surface area contributed by atoms with Gasteiger partial charge in [0.15, 0.2) is 0 Å². The van der Waals surface area contributed by atoms with Gasteiger partial charge in [-0.15, -0.1) is 0 Å². The number of fused-ring (bicyclic) bond motifs is 1. The van der Waals surface area contributed by atoms with Crippen LogP contribution in [-0.2, 0) is 22.5 Å². The van der Waals surface area contributed by atoms with Crippen LogP contribution >= 0.6 is 15.9 Å². The largest absolute Gasteiger partial charge is 0.393 e. The zero-order valence-electron chi connectivity index (χ0n) is 21.1. The van der Waals surface area contributed by atoms with Gasteiger partial charge < -0.3 is 9.30 Å². The lowest BCUT2D eigenvalue weighted by Crippen LogP contribution is -2.38. The first kappa shape index (κ1) is 29.5. The minimum absolute atomic E-state index is 0.188. The molecule has 1 aromatic heterocycles. The summed E-state index contributed by atoms with van der Waals surface area (Å²) in [5, 5.41) is 5.71. The molecule has 0 saturated heterocycles. The van der Waals surface area contributed by atoms with Crippen LogP contribution in [0, 0.1) is 5.41 Å². The molecular weight excluding hydrogens is 547 g/mol. The number of halogens is 4. The van der Waals surface area contributed by atoms with Crippen LogP contribution in [0.5, 0.6) is 0 Å². The molecule has 0 aliphatic rings. The number of hydrogen-bond acceptors (Lipinski definition) is 3. The number of rotatable bonds is 11. The summed E-state index contributed by atoms with van der Waals surface area (Å²) in [6.45, 7) is 13.4. The summed E-state index contributed by atoms with van der Waals surface area (Å²) in [5.41, 5.74) is -0.515. The standard InChI is InChI=1S/C23H37BrF3N3O2SSi/c1-21(2,23(25,26)27)13-16(14-22(3,4)33(28)31)20-29-18-12-17(24)8-9-19(18)30(20)15-32-10-11-34(5,6)7/h8-9,12,16H,10-11,13-15,28H2,1-7H3/t16-,33?/m0/s1. The summed E-state index contributed by atoms with van der Waals surface area (Å²) in [6, 6.07) is 6.58. The van der Waals surface area contributed by atoms with E-state index in [1.54, 1.807) is 13.8 Å². The third kappa shape index (κ3) is 7.62. The van der Waals surface area contributed by atoms with E-state index in [-0.39, 0.29) is 19.6 Å². The van der Waals surface area contributed by atoms with Gasteiger partial charge in [0.05, 0.1) is 32.2 Å². The van der Waals surface area contributed by atoms with Crippen LogP contribution in [0.2, 0.25) is 25.7 Å². The van der Waals surface area contributed by atoms with E-state index in [4.69, 9.17) is 14.9 Å². The van der Waals surface area contributed by atoms with E-state index >= 15 is 0 Å². The lowest BCUT2D eigenvalue weighted by Gasteiger charge is -2.34. The van der Waals surface area contributed by atoms with Crippen molar-refractivity contribution >= 4 is 46.0 Å². The van der Waals surface area contributed by atoms with Crippen LogP contribution in [0.4, 0.5) is 13.2 Å². The predicted octanol–water partition coefficient (Wildman–Crippen LogP) is 6.96. The van der Waals surface area contributed by atoms with Crippen LogP contribution in [0.15, 0.2) is 22.7 Å². The molecule has 1 unspecified atom stereocenters. The van der Waals surface area contributed by atoms with Crippen LogP contribution in [0.25, 0.3) is 11.0 Å². The highest BCUT2D eigenvalue weighted by Gasteiger charge is 2.49. The van der Waals surface area contributed by atoms with Crippen molar-refractivity contribution in [1.82, 2.24) is 9.55 Å². The molecule has 0 aliphatic carbocycles. The molecular formula is C23H37BrF3N3O2SSi. The molecule has 0 amide bonds. The molecule has 5 nitrogen and oxygen atoms in total. The van der Waals surface area contributed by atoms with Crippen LogP contribution in [-0.4, -0.2) is 39.4 Å². The molecule has 11 heteroatoms. The predicted molar refractivity (Wildman–Crippen MR) is 140 cm³/mol. The first-order valence-corrected chi connectivity index (χ1v) is 17.0. The normalized spacial score (nSPS) is 15.6. The lowest BCUT2D eigenvalue weighted by molar-refractivity contribution is -0.215. The van der Waals surface area contributed by atoms with Crippen molar-refractivity contribution in [1.29, 1.82) is 0 Å². The molecule has 0 bridgehead atoms. The Kier molecular flexibility index (Phi) is 9.28. The third-order valence-corrected chi connectivity index (χ3v) is 9.58. The number of nitrogens with zero attached hydrogens (tertiary/aromatic N) is 2. The smallest absolute Gasteiger partial charge is 0.361 e. The van der Waals surface area contributed by atoms with Gasteiger partial charge in [-0.1, -0.05) is 49.4 Å². The number of aromatic nitrogens is 2. The van der Waals surface area contributed by atoms with Gasteiger partial charge >= 0.3 is 6.18 Å².